The average molecular weight is 270 g/mol. The number of amides is 1. The highest BCUT2D eigenvalue weighted by Gasteiger charge is 2.34. The average Bonchev–Trinajstić information content (AvgIpc) is 2.29. The first-order chi connectivity index (χ1) is 7.76. The lowest BCUT2D eigenvalue weighted by Gasteiger charge is -2.35. The fraction of sp³-hybridized carbons (Fsp3) is 0.875. The van der Waals surface area contributed by atoms with E-state index >= 15 is 0 Å². The van der Waals surface area contributed by atoms with E-state index < -0.39 is 16.4 Å². The van der Waals surface area contributed by atoms with Crippen LogP contribution in [0.3, 0.4) is 0 Å². The van der Waals surface area contributed by atoms with Crippen molar-refractivity contribution in [2.24, 2.45) is 0 Å². The zero-order chi connectivity index (χ0) is 13.7. The Hall–Kier alpha value is -0.900. The van der Waals surface area contributed by atoms with Crippen molar-refractivity contribution in [3.05, 3.63) is 0 Å². The van der Waals surface area contributed by atoms with E-state index in [-0.39, 0.29) is 9.11 Å². The number of hydrogen-bond donors (Lipinski definition) is 0. The topological polar surface area (TPSA) is 96.0 Å². The van der Waals surface area contributed by atoms with Gasteiger partial charge < -0.3 is 9.29 Å². The minimum atomic E-state index is -5.07. The molecular weight excluding hydrogens is 252 g/mol. The van der Waals surface area contributed by atoms with Crippen molar-refractivity contribution in [2.45, 2.75) is 20.8 Å². The molecule has 0 aromatic rings. The quantitative estimate of drug-likeness (QED) is 0.389. The van der Waals surface area contributed by atoms with Gasteiger partial charge in [0.05, 0.1) is 7.11 Å². The van der Waals surface area contributed by atoms with Crippen LogP contribution < -0.4 is 0 Å². The standard InChI is InChI=1S/C8H18N2O6S/c1-5-10(6-2,7-3)16-9(8(11)15-4)17(12,13)14/h5-7H2,1-4H3. The normalized spacial score (nSPS) is 12.3. The van der Waals surface area contributed by atoms with E-state index in [4.69, 9.17) is 4.94 Å². The minimum Gasteiger partial charge on any atom is -0.729 e. The van der Waals surface area contributed by atoms with Gasteiger partial charge in [-0.25, -0.2) is 13.2 Å². The number of rotatable bonds is 6. The van der Waals surface area contributed by atoms with Crippen molar-refractivity contribution in [3.8, 4) is 0 Å². The van der Waals surface area contributed by atoms with Gasteiger partial charge in [0, 0.05) is 0 Å². The van der Waals surface area contributed by atoms with Gasteiger partial charge in [0.1, 0.15) is 19.6 Å². The van der Waals surface area contributed by atoms with Crippen LogP contribution in [0.5, 0.6) is 0 Å². The number of hydrogen-bond acceptors (Lipinski definition) is 6. The van der Waals surface area contributed by atoms with E-state index in [1.54, 1.807) is 20.8 Å². The van der Waals surface area contributed by atoms with E-state index in [2.05, 4.69) is 4.74 Å². The maximum Gasteiger partial charge on any atom is 0.452 e. The lowest BCUT2D eigenvalue weighted by Crippen LogP contribution is -2.54. The van der Waals surface area contributed by atoms with Gasteiger partial charge in [0.25, 0.3) is 0 Å². The van der Waals surface area contributed by atoms with Gasteiger partial charge >= 0.3 is 6.09 Å². The van der Waals surface area contributed by atoms with Gasteiger partial charge in [-0.3, -0.25) is 0 Å². The predicted octanol–water partition coefficient (Wildman–Crippen LogP) is 0.238. The maximum atomic E-state index is 11.2. The number of quaternary nitrogens is 1. The van der Waals surface area contributed by atoms with Crippen LogP contribution in [0.15, 0.2) is 0 Å². The fourth-order valence-electron chi connectivity index (χ4n) is 1.24. The monoisotopic (exact) mass is 270 g/mol. The second kappa shape index (κ2) is 6.15. The van der Waals surface area contributed by atoms with Gasteiger partial charge in [-0.15, -0.1) is 0 Å². The summed E-state index contributed by atoms with van der Waals surface area (Å²) in [6, 6.07) is 0. The number of carbonyl (C=O) groups is 1. The van der Waals surface area contributed by atoms with Crippen molar-refractivity contribution in [1.82, 2.24) is 4.47 Å². The summed E-state index contributed by atoms with van der Waals surface area (Å²) in [6.45, 7) is 6.45. The number of hydroxylamine groups is 4. The molecular formula is C8H18N2O6S. The Kier molecular flexibility index (Phi) is 5.82. The Balaban J connectivity index is 5.18. The SMILES string of the molecule is CC[N+](CC)(CC)ON(C(=O)OC)S(=O)(=O)[O-]. The van der Waals surface area contributed by atoms with Gasteiger partial charge in [0.2, 0.25) is 10.3 Å². The lowest BCUT2D eigenvalue weighted by molar-refractivity contribution is -1.12. The molecule has 0 aromatic heterocycles. The van der Waals surface area contributed by atoms with E-state index in [0.29, 0.717) is 19.6 Å². The summed E-state index contributed by atoms with van der Waals surface area (Å²) >= 11 is 0. The third kappa shape index (κ3) is 4.11. The largest absolute Gasteiger partial charge is 0.729 e. The second-order valence-corrected chi connectivity index (χ2v) is 4.43. The molecule has 0 N–H and O–H groups in total. The first kappa shape index (κ1) is 16.1. The van der Waals surface area contributed by atoms with Crippen LogP contribution in [0.4, 0.5) is 4.79 Å². The molecule has 0 saturated heterocycles. The van der Waals surface area contributed by atoms with Crippen molar-refractivity contribution in [3.63, 3.8) is 0 Å². The van der Waals surface area contributed by atoms with E-state index in [1.165, 1.54) is 0 Å². The zero-order valence-corrected chi connectivity index (χ0v) is 11.2. The molecule has 0 radical (unpaired) electrons. The van der Waals surface area contributed by atoms with Crippen molar-refractivity contribution >= 4 is 16.4 Å². The molecule has 0 atom stereocenters. The summed E-state index contributed by atoms with van der Waals surface area (Å²) in [5.41, 5.74) is 0. The fourth-order valence-corrected chi connectivity index (χ4v) is 1.72. The molecule has 0 rings (SSSR count). The molecule has 0 aliphatic heterocycles. The summed E-state index contributed by atoms with van der Waals surface area (Å²) in [7, 11) is -4.11. The Morgan fingerprint density at radius 2 is 1.65 bits per heavy atom. The zero-order valence-electron chi connectivity index (χ0n) is 10.4. The van der Waals surface area contributed by atoms with Crippen LogP contribution in [-0.4, -0.2) is 54.9 Å². The van der Waals surface area contributed by atoms with Crippen molar-refractivity contribution in [2.75, 3.05) is 26.7 Å². The van der Waals surface area contributed by atoms with Crippen LogP contribution in [0.1, 0.15) is 20.8 Å². The summed E-state index contributed by atoms with van der Waals surface area (Å²) in [5.74, 6) is 0. The minimum absolute atomic E-state index is 0.170. The molecule has 0 aromatic carbocycles. The number of ether oxygens (including phenoxy) is 1. The molecule has 9 heteroatoms. The molecule has 0 unspecified atom stereocenters. The van der Waals surface area contributed by atoms with Crippen LogP contribution in [0, 0.1) is 0 Å². The molecule has 8 nitrogen and oxygen atoms in total. The molecule has 0 aliphatic rings. The third-order valence-electron chi connectivity index (χ3n) is 2.50. The molecule has 0 heterocycles. The third-order valence-corrected chi connectivity index (χ3v) is 3.13. The van der Waals surface area contributed by atoms with Crippen LogP contribution in [-0.2, 0) is 20.0 Å². The lowest BCUT2D eigenvalue weighted by atomic mass is 10.5. The highest BCUT2D eigenvalue weighted by atomic mass is 32.2. The van der Waals surface area contributed by atoms with E-state index in [0.717, 1.165) is 7.11 Å². The Morgan fingerprint density at radius 3 is 1.88 bits per heavy atom. The van der Waals surface area contributed by atoms with Gasteiger partial charge in [-0.05, 0) is 25.2 Å². The molecule has 102 valence electrons. The number of methoxy groups -OCH3 is 1. The summed E-state index contributed by atoms with van der Waals surface area (Å²) < 4.78 is 36.4. The molecule has 0 aliphatic carbocycles. The van der Waals surface area contributed by atoms with Gasteiger partial charge in [-0.2, -0.15) is 4.65 Å². The van der Waals surface area contributed by atoms with Gasteiger partial charge in [0.15, 0.2) is 0 Å². The van der Waals surface area contributed by atoms with Crippen molar-refractivity contribution < 1.29 is 32.1 Å². The van der Waals surface area contributed by atoms with Crippen LogP contribution in [0.25, 0.3) is 0 Å². The molecule has 0 fully saturated rings. The molecule has 0 saturated carbocycles. The highest BCUT2D eigenvalue weighted by molar-refractivity contribution is 7.83. The maximum absolute atomic E-state index is 11.2. The highest BCUT2D eigenvalue weighted by Crippen LogP contribution is 2.13. The summed E-state index contributed by atoms with van der Waals surface area (Å²) in [5, 5.41) is 0. The Morgan fingerprint density at radius 1 is 1.24 bits per heavy atom. The Bertz CT molecular complexity index is 343. The number of carbonyl (C=O) groups excluding carboxylic acids is 1. The Labute approximate surface area is 101 Å². The van der Waals surface area contributed by atoms with Crippen LogP contribution >= 0.6 is 0 Å². The molecule has 1 amide bonds. The molecule has 0 bridgehead atoms. The molecule has 0 spiro atoms. The first-order valence-corrected chi connectivity index (χ1v) is 6.52. The van der Waals surface area contributed by atoms with E-state index in [9.17, 15) is 17.8 Å². The molecule has 17 heavy (non-hydrogen) atoms. The van der Waals surface area contributed by atoms with Crippen LogP contribution in [0.2, 0.25) is 0 Å². The van der Waals surface area contributed by atoms with Gasteiger partial charge in [-0.1, -0.05) is 4.94 Å². The number of nitrogens with zero attached hydrogens (tertiary/aromatic N) is 2. The second-order valence-electron chi connectivity index (χ2n) is 3.24. The summed E-state index contributed by atoms with van der Waals surface area (Å²) in [4.78, 5) is 16.2. The first-order valence-electron chi connectivity index (χ1n) is 5.16. The predicted molar refractivity (Wildman–Crippen MR) is 56.9 cm³/mol. The van der Waals surface area contributed by atoms with E-state index in [1.807, 2.05) is 0 Å². The smallest absolute Gasteiger partial charge is 0.452 e. The summed E-state index contributed by atoms with van der Waals surface area (Å²) in [6.07, 6.45) is -1.36. The van der Waals surface area contributed by atoms with Crippen molar-refractivity contribution in [1.29, 1.82) is 0 Å².